The second kappa shape index (κ2) is 8.34. The summed E-state index contributed by atoms with van der Waals surface area (Å²) in [5.74, 6) is 0.650. The number of anilines is 1. The van der Waals surface area contributed by atoms with Gasteiger partial charge in [-0.25, -0.2) is 9.48 Å². The first-order chi connectivity index (χ1) is 15.6. The molecule has 2 heterocycles. The normalized spacial score (nSPS) is 15.2. The van der Waals surface area contributed by atoms with Crippen LogP contribution in [-0.4, -0.2) is 25.6 Å². The van der Waals surface area contributed by atoms with Crippen molar-refractivity contribution >= 4 is 11.8 Å². The molecule has 0 radical (unpaired) electrons. The Balaban J connectivity index is 1.46. The molecule has 4 aromatic rings. The molecular weight excluding hydrogens is 400 g/mol. The molecule has 1 unspecified atom stereocenters. The molecule has 2 amide bonds. The molecule has 0 saturated carbocycles. The quantitative estimate of drug-likeness (QED) is 0.493. The Morgan fingerprint density at radius 2 is 1.88 bits per heavy atom. The van der Waals surface area contributed by atoms with Crippen LogP contribution in [0.1, 0.15) is 35.6 Å². The summed E-state index contributed by atoms with van der Waals surface area (Å²) in [5.41, 5.74) is 5.99. The lowest BCUT2D eigenvalue weighted by Gasteiger charge is -2.26. The average Bonchev–Trinajstić information content (AvgIpc) is 3.38. The lowest BCUT2D eigenvalue weighted by atomic mass is 9.88. The van der Waals surface area contributed by atoms with E-state index in [2.05, 4.69) is 33.9 Å². The van der Waals surface area contributed by atoms with Gasteiger partial charge >= 0.3 is 6.03 Å². The Morgan fingerprint density at radius 3 is 2.66 bits per heavy atom. The van der Waals surface area contributed by atoms with Gasteiger partial charge in [0.05, 0.1) is 17.9 Å². The van der Waals surface area contributed by atoms with Gasteiger partial charge in [-0.15, -0.1) is 0 Å². The minimum absolute atomic E-state index is 0.00569. The summed E-state index contributed by atoms with van der Waals surface area (Å²) < 4.78 is 3.53. The molecule has 0 saturated heterocycles. The molecule has 1 aliphatic carbocycles. The zero-order valence-electron chi connectivity index (χ0n) is 18.2. The highest BCUT2D eigenvalue weighted by Crippen LogP contribution is 2.32. The van der Waals surface area contributed by atoms with Crippen LogP contribution in [0.25, 0.3) is 16.9 Å². The topological polar surface area (TPSA) is 76.8 Å². The first-order valence-electron chi connectivity index (χ1n) is 10.9. The van der Waals surface area contributed by atoms with E-state index in [0.29, 0.717) is 5.82 Å². The van der Waals surface area contributed by atoms with Crippen molar-refractivity contribution in [1.29, 1.82) is 0 Å². The van der Waals surface area contributed by atoms with E-state index in [1.54, 1.807) is 15.6 Å². The first-order valence-corrected chi connectivity index (χ1v) is 10.9. The number of benzene rings is 2. The summed E-state index contributed by atoms with van der Waals surface area (Å²) in [6.07, 6.45) is 6.77. The van der Waals surface area contributed by atoms with E-state index in [0.717, 1.165) is 41.8 Å². The van der Waals surface area contributed by atoms with Crippen molar-refractivity contribution in [2.45, 2.75) is 32.2 Å². The Labute approximate surface area is 187 Å². The van der Waals surface area contributed by atoms with Crippen molar-refractivity contribution in [3.8, 4) is 16.9 Å². The van der Waals surface area contributed by atoms with Crippen LogP contribution in [-0.2, 0) is 13.5 Å². The van der Waals surface area contributed by atoms with Crippen molar-refractivity contribution < 1.29 is 4.79 Å². The highest BCUT2D eigenvalue weighted by atomic mass is 16.2. The summed E-state index contributed by atoms with van der Waals surface area (Å²) in [7, 11) is 1.88. The summed E-state index contributed by atoms with van der Waals surface area (Å²) in [6.45, 7) is 1.97. The molecule has 5 rings (SSSR count). The highest BCUT2D eigenvalue weighted by molar-refractivity contribution is 5.91. The van der Waals surface area contributed by atoms with Gasteiger partial charge in [0, 0.05) is 24.4 Å². The molecule has 2 aromatic heterocycles. The van der Waals surface area contributed by atoms with Crippen LogP contribution in [0.5, 0.6) is 0 Å². The van der Waals surface area contributed by atoms with Gasteiger partial charge in [-0.1, -0.05) is 42.5 Å². The van der Waals surface area contributed by atoms with Gasteiger partial charge < -0.3 is 5.32 Å². The third-order valence-corrected chi connectivity index (χ3v) is 6.01. The van der Waals surface area contributed by atoms with Gasteiger partial charge in [0.15, 0.2) is 0 Å². The maximum Gasteiger partial charge on any atom is 0.320 e. The first kappa shape index (κ1) is 20.1. The molecule has 1 atom stereocenters. The number of hydrogen-bond acceptors (Lipinski definition) is 3. The monoisotopic (exact) mass is 426 g/mol. The number of fused-ring (bicyclic) bond motifs is 1. The summed E-state index contributed by atoms with van der Waals surface area (Å²) in [4.78, 5) is 13.1. The Bertz CT molecular complexity index is 1260. The van der Waals surface area contributed by atoms with Crippen molar-refractivity contribution in [1.82, 2.24) is 24.9 Å². The van der Waals surface area contributed by atoms with Gasteiger partial charge in [-0.2, -0.15) is 10.2 Å². The molecular formula is C25H26N6O. The summed E-state index contributed by atoms with van der Waals surface area (Å²) in [6, 6.07) is 17.9. The fourth-order valence-corrected chi connectivity index (χ4v) is 4.42. The second-order valence-corrected chi connectivity index (χ2v) is 8.21. The maximum atomic E-state index is 13.1. The minimum Gasteiger partial charge on any atom is -0.331 e. The lowest BCUT2D eigenvalue weighted by Crippen LogP contribution is -2.35. The van der Waals surface area contributed by atoms with E-state index >= 15 is 0 Å². The van der Waals surface area contributed by atoms with Crippen molar-refractivity contribution in [3.63, 3.8) is 0 Å². The van der Waals surface area contributed by atoms with Crippen molar-refractivity contribution in [2.24, 2.45) is 7.05 Å². The van der Waals surface area contributed by atoms with E-state index in [-0.39, 0.29) is 12.1 Å². The van der Waals surface area contributed by atoms with Crippen LogP contribution in [0.2, 0.25) is 0 Å². The van der Waals surface area contributed by atoms with Crippen molar-refractivity contribution in [2.75, 3.05) is 5.32 Å². The zero-order valence-corrected chi connectivity index (χ0v) is 18.2. The van der Waals surface area contributed by atoms with Crippen LogP contribution >= 0.6 is 0 Å². The Morgan fingerprint density at radius 1 is 1.09 bits per heavy atom. The minimum atomic E-state index is -0.232. The summed E-state index contributed by atoms with van der Waals surface area (Å²) >= 11 is 0. The molecule has 2 aromatic carbocycles. The Kier molecular flexibility index (Phi) is 5.23. The zero-order chi connectivity index (χ0) is 22.1. The fraction of sp³-hybridized carbons (Fsp3) is 0.240. The number of hydrogen-bond donors (Lipinski definition) is 2. The molecule has 0 spiro atoms. The number of amides is 2. The third kappa shape index (κ3) is 3.77. The van der Waals surface area contributed by atoms with E-state index in [9.17, 15) is 4.79 Å². The number of rotatable bonds is 4. The van der Waals surface area contributed by atoms with E-state index in [4.69, 9.17) is 5.10 Å². The molecule has 0 fully saturated rings. The fourth-order valence-electron chi connectivity index (χ4n) is 4.42. The van der Waals surface area contributed by atoms with Gasteiger partial charge in [0.25, 0.3) is 0 Å². The largest absolute Gasteiger partial charge is 0.331 e. The standard InChI is InChI=1S/C25H26N6O/c1-17-23(19-15-26-30(2)16-19)29-31(20-11-4-3-5-12-20)24(17)28-25(32)27-22-14-8-10-18-9-6-7-13-21(18)22/h3-7,9,11-13,15-16,22H,8,10,14H2,1-2H3,(H2,27,28,32). The molecule has 162 valence electrons. The number of aromatic nitrogens is 4. The number of carbonyl (C=O) groups is 1. The summed E-state index contributed by atoms with van der Waals surface area (Å²) in [5, 5.41) is 15.3. The SMILES string of the molecule is Cc1c(-c2cnn(C)c2)nn(-c2ccccc2)c1NC(=O)NC1CCCc2ccccc21. The van der Waals surface area contributed by atoms with Crippen molar-refractivity contribution in [3.05, 3.63) is 83.7 Å². The number of para-hydroxylation sites is 1. The van der Waals surface area contributed by atoms with Crippen LogP contribution in [0, 0.1) is 6.92 Å². The van der Waals surface area contributed by atoms with Gasteiger partial charge in [-0.3, -0.25) is 10.00 Å². The number of aryl methyl sites for hydroxylation is 2. The highest BCUT2D eigenvalue weighted by Gasteiger charge is 2.24. The molecule has 7 nitrogen and oxygen atoms in total. The lowest BCUT2D eigenvalue weighted by molar-refractivity contribution is 0.247. The van der Waals surface area contributed by atoms with E-state index in [1.165, 1.54) is 11.1 Å². The van der Waals surface area contributed by atoms with Crippen LogP contribution in [0.4, 0.5) is 10.6 Å². The van der Waals surface area contributed by atoms with E-state index in [1.807, 2.05) is 56.6 Å². The van der Waals surface area contributed by atoms with Gasteiger partial charge in [0.2, 0.25) is 0 Å². The molecule has 32 heavy (non-hydrogen) atoms. The van der Waals surface area contributed by atoms with Gasteiger partial charge in [-0.05, 0) is 49.4 Å². The maximum absolute atomic E-state index is 13.1. The molecule has 7 heteroatoms. The smallest absolute Gasteiger partial charge is 0.320 e. The van der Waals surface area contributed by atoms with E-state index < -0.39 is 0 Å². The molecule has 2 N–H and O–H groups in total. The predicted molar refractivity (Wildman–Crippen MR) is 125 cm³/mol. The average molecular weight is 427 g/mol. The molecule has 0 aliphatic heterocycles. The number of urea groups is 1. The number of nitrogens with zero attached hydrogens (tertiary/aromatic N) is 4. The predicted octanol–water partition coefficient (Wildman–Crippen LogP) is 4.78. The van der Waals surface area contributed by atoms with Crippen LogP contribution in [0.15, 0.2) is 67.0 Å². The number of carbonyl (C=O) groups excluding carboxylic acids is 1. The van der Waals surface area contributed by atoms with Crippen LogP contribution < -0.4 is 10.6 Å². The molecule has 1 aliphatic rings. The number of nitrogens with one attached hydrogen (secondary N) is 2. The van der Waals surface area contributed by atoms with Crippen LogP contribution in [0.3, 0.4) is 0 Å². The molecule has 0 bridgehead atoms. The van der Waals surface area contributed by atoms with Gasteiger partial charge in [0.1, 0.15) is 11.5 Å². The third-order valence-electron chi connectivity index (χ3n) is 6.01. The second-order valence-electron chi connectivity index (χ2n) is 8.21. The Hall–Kier alpha value is -3.87.